The molecule has 0 unspecified atom stereocenters. The van der Waals surface area contributed by atoms with Crippen LogP contribution >= 0.6 is 31.9 Å². The topological polar surface area (TPSA) is 38.2 Å². The Labute approximate surface area is 136 Å². The number of halogens is 2. The van der Waals surface area contributed by atoms with E-state index in [2.05, 4.69) is 52.8 Å². The lowest BCUT2D eigenvalue weighted by atomic mass is 10.3. The Bertz CT molecular complexity index is 535. The molecule has 0 saturated carbocycles. The second-order valence-corrected chi connectivity index (χ2v) is 6.12. The summed E-state index contributed by atoms with van der Waals surface area (Å²) in [5, 5.41) is 0. The van der Waals surface area contributed by atoms with Crippen LogP contribution in [0.1, 0.15) is 5.56 Å². The van der Waals surface area contributed by atoms with Gasteiger partial charge in [0.25, 0.3) is 0 Å². The Morgan fingerprint density at radius 3 is 2.05 bits per heavy atom. The Balaban J connectivity index is 0.000000204. The Kier molecular flexibility index (Phi) is 7.72. The summed E-state index contributed by atoms with van der Waals surface area (Å²) in [6.45, 7) is 0.937. The monoisotopic (exact) mass is 401 g/mol. The molecule has 20 heavy (non-hydrogen) atoms. The van der Waals surface area contributed by atoms with Gasteiger partial charge in [0, 0.05) is 34.1 Å². The molecule has 2 aromatic heterocycles. The van der Waals surface area contributed by atoms with Crippen molar-refractivity contribution in [2.75, 3.05) is 21.2 Å². The number of aromatic nitrogens is 2. The molecule has 0 N–H and O–H groups in total. The summed E-state index contributed by atoms with van der Waals surface area (Å²) in [6.07, 6.45) is 7.04. The number of hydrogen-bond donors (Lipinski definition) is 0. The van der Waals surface area contributed by atoms with Gasteiger partial charge in [0.05, 0.1) is 13.3 Å². The van der Waals surface area contributed by atoms with E-state index in [0.717, 1.165) is 21.2 Å². The predicted octanol–water partition coefficient (Wildman–Crippen LogP) is 3.76. The van der Waals surface area contributed by atoms with Gasteiger partial charge in [0.1, 0.15) is 5.75 Å². The lowest BCUT2D eigenvalue weighted by Crippen LogP contribution is -2.10. The van der Waals surface area contributed by atoms with E-state index in [4.69, 9.17) is 4.74 Å². The number of nitrogens with zero attached hydrogens (tertiary/aromatic N) is 3. The van der Waals surface area contributed by atoms with Crippen molar-refractivity contribution in [3.8, 4) is 5.75 Å². The highest BCUT2D eigenvalue weighted by atomic mass is 79.9. The van der Waals surface area contributed by atoms with Crippen molar-refractivity contribution in [2.45, 2.75) is 6.54 Å². The zero-order chi connectivity index (χ0) is 15.0. The van der Waals surface area contributed by atoms with Crippen LogP contribution in [0.2, 0.25) is 0 Å². The third kappa shape index (κ3) is 6.98. The molecule has 2 aromatic rings. The molecule has 0 atom stereocenters. The molecule has 0 bridgehead atoms. The summed E-state index contributed by atoms with van der Waals surface area (Å²) in [6, 6.07) is 3.93. The summed E-state index contributed by atoms with van der Waals surface area (Å²) < 4.78 is 6.87. The smallest absolute Gasteiger partial charge is 0.138 e. The van der Waals surface area contributed by atoms with E-state index >= 15 is 0 Å². The van der Waals surface area contributed by atoms with Crippen molar-refractivity contribution in [3.05, 3.63) is 51.4 Å². The first-order valence-corrected chi connectivity index (χ1v) is 7.48. The van der Waals surface area contributed by atoms with Crippen LogP contribution in [0.15, 0.2) is 45.9 Å². The van der Waals surface area contributed by atoms with Crippen molar-refractivity contribution in [1.82, 2.24) is 14.9 Å². The van der Waals surface area contributed by atoms with Crippen molar-refractivity contribution in [2.24, 2.45) is 0 Å². The summed E-state index contributed by atoms with van der Waals surface area (Å²) in [5.41, 5.74) is 1.23. The molecule has 0 saturated heterocycles. The van der Waals surface area contributed by atoms with Gasteiger partial charge in [-0.05, 0) is 63.7 Å². The summed E-state index contributed by atoms with van der Waals surface area (Å²) >= 11 is 6.63. The molecule has 2 rings (SSSR count). The van der Waals surface area contributed by atoms with E-state index in [-0.39, 0.29) is 0 Å². The predicted molar refractivity (Wildman–Crippen MR) is 87.8 cm³/mol. The molecule has 0 aliphatic rings. The van der Waals surface area contributed by atoms with Crippen LogP contribution in [-0.4, -0.2) is 36.1 Å². The fraction of sp³-hybridized carbons (Fsp3) is 0.286. The second-order valence-electron chi connectivity index (χ2n) is 4.29. The minimum Gasteiger partial charge on any atom is -0.495 e. The van der Waals surface area contributed by atoms with Crippen molar-refractivity contribution >= 4 is 31.9 Å². The third-order valence-electron chi connectivity index (χ3n) is 2.18. The van der Waals surface area contributed by atoms with Gasteiger partial charge in [-0.25, -0.2) is 0 Å². The highest BCUT2D eigenvalue weighted by Gasteiger charge is 1.95. The first kappa shape index (κ1) is 17.1. The van der Waals surface area contributed by atoms with E-state index in [1.807, 2.05) is 26.4 Å². The maximum Gasteiger partial charge on any atom is 0.138 e. The third-order valence-corrected chi connectivity index (χ3v) is 3.04. The molecule has 0 aromatic carbocycles. The van der Waals surface area contributed by atoms with Gasteiger partial charge in [0.2, 0.25) is 0 Å². The van der Waals surface area contributed by atoms with Crippen LogP contribution in [0.4, 0.5) is 0 Å². The average Bonchev–Trinajstić information content (AvgIpc) is 2.38. The number of ether oxygens (including phenoxy) is 1. The molecule has 0 aliphatic carbocycles. The zero-order valence-corrected chi connectivity index (χ0v) is 14.8. The van der Waals surface area contributed by atoms with E-state index in [1.165, 1.54) is 5.56 Å². The molecule has 2 heterocycles. The standard InChI is InChI=1S/C8H11BrN2.C6H6BrNO/c1-11(2)6-7-3-8(9)5-10-4-7;1-9-6-2-5(7)3-8-4-6/h3-5H,6H2,1-2H3;2-4H,1H3. The first-order chi connectivity index (χ1) is 9.51. The lowest BCUT2D eigenvalue weighted by molar-refractivity contribution is 0.402. The fourth-order valence-corrected chi connectivity index (χ4v) is 2.17. The minimum atomic E-state index is 0.768. The van der Waals surface area contributed by atoms with Gasteiger partial charge in [0.15, 0.2) is 0 Å². The highest BCUT2D eigenvalue weighted by Crippen LogP contribution is 2.14. The van der Waals surface area contributed by atoms with Gasteiger partial charge in [-0.2, -0.15) is 0 Å². The Morgan fingerprint density at radius 1 is 1.00 bits per heavy atom. The summed E-state index contributed by atoms with van der Waals surface area (Å²) in [7, 11) is 5.70. The van der Waals surface area contributed by atoms with Crippen LogP contribution in [0.25, 0.3) is 0 Å². The van der Waals surface area contributed by atoms with Crippen LogP contribution in [-0.2, 0) is 6.54 Å². The van der Waals surface area contributed by atoms with Gasteiger partial charge in [-0.3, -0.25) is 9.97 Å². The average molecular weight is 403 g/mol. The normalized spacial score (nSPS) is 9.90. The van der Waals surface area contributed by atoms with E-state index in [0.29, 0.717) is 0 Å². The maximum absolute atomic E-state index is 4.90. The minimum absolute atomic E-state index is 0.768. The fourth-order valence-electron chi connectivity index (χ4n) is 1.41. The SMILES string of the molecule is CN(C)Cc1cncc(Br)c1.COc1cncc(Br)c1. The molecular weight excluding hydrogens is 386 g/mol. The largest absolute Gasteiger partial charge is 0.495 e. The molecule has 108 valence electrons. The molecule has 0 radical (unpaired) electrons. The van der Waals surface area contributed by atoms with Gasteiger partial charge in [-0.1, -0.05) is 0 Å². The molecule has 4 nitrogen and oxygen atoms in total. The van der Waals surface area contributed by atoms with E-state index in [1.54, 1.807) is 25.7 Å². The molecule has 0 spiro atoms. The van der Waals surface area contributed by atoms with E-state index < -0.39 is 0 Å². The quantitative estimate of drug-likeness (QED) is 0.783. The highest BCUT2D eigenvalue weighted by molar-refractivity contribution is 9.10. The number of pyridine rings is 2. The second kappa shape index (κ2) is 9.05. The lowest BCUT2D eigenvalue weighted by Gasteiger charge is -2.08. The van der Waals surface area contributed by atoms with E-state index in [9.17, 15) is 0 Å². The van der Waals surface area contributed by atoms with Crippen LogP contribution in [0.5, 0.6) is 5.75 Å². The van der Waals surface area contributed by atoms with Gasteiger partial charge in [-0.15, -0.1) is 0 Å². The zero-order valence-electron chi connectivity index (χ0n) is 11.7. The number of methoxy groups -OCH3 is 1. The first-order valence-electron chi connectivity index (χ1n) is 5.90. The summed E-state index contributed by atoms with van der Waals surface area (Å²) in [4.78, 5) is 10.1. The van der Waals surface area contributed by atoms with Crippen LogP contribution in [0, 0.1) is 0 Å². The number of rotatable bonds is 3. The maximum atomic E-state index is 4.90. The molecule has 0 amide bonds. The van der Waals surface area contributed by atoms with Crippen LogP contribution < -0.4 is 4.74 Å². The van der Waals surface area contributed by atoms with Crippen molar-refractivity contribution in [3.63, 3.8) is 0 Å². The van der Waals surface area contributed by atoms with Crippen molar-refractivity contribution in [1.29, 1.82) is 0 Å². The summed E-state index contributed by atoms with van der Waals surface area (Å²) in [5.74, 6) is 0.768. The molecular formula is C14H17Br2N3O. The van der Waals surface area contributed by atoms with Gasteiger partial charge >= 0.3 is 0 Å². The Morgan fingerprint density at radius 2 is 1.60 bits per heavy atom. The van der Waals surface area contributed by atoms with Crippen molar-refractivity contribution < 1.29 is 4.74 Å². The molecule has 0 fully saturated rings. The van der Waals surface area contributed by atoms with Gasteiger partial charge < -0.3 is 9.64 Å². The molecule has 0 aliphatic heterocycles. The van der Waals surface area contributed by atoms with Crippen LogP contribution in [0.3, 0.4) is 0 Å². The Hall–Kier alpha value is -0.980. The number of hydrogen-bond acceptors (Lipinski definition) is 4. The molecule has 6 heteroatoms.